The van der Waals surface area contributed by atoms with Gasteiger partial charge in [0.15, 0.2) is 0 Å². The number of carboxylic acid groups (broad SMARTS) is 1. The Hall–Kier alpha value is -1.58. The van der Waals surface area contributed by atoms with Crippen molar-refractivity contribution >= 4 is 11.9 Å². The number of ether oxygens (including phenoxy) is 1. The van der Waals surface area contributed by atoms with E-state index in [1.54, 1.807) is 6.08 Å². The molecule has 0 radical (unpaired) electrons. The van der Waals surface area contributed by atoms with E-state index < -0.39 is 11.9 Å². The van der Waals surface area contributed by atoms with Gasteiger partial charge in [0.05, 0.1) is 6.26 Å². The Morgan fingerprint density at radius 3 is 2.58 bits per heavy atom. The van der Waals surface area contributed by atoms with Crippen LogP contribution in [0.5, 0.6) is 0 Å². The van der Waals surface area contributed by atoms with E-state index in [1.165, 1.54) is 6.26 Å². The Labute approximate surface area is 70.1 Å². The molecule has 0 aromatic heterocycles. The fraction of sp³-hybridized carbons (Fsp3) is 0.250. The van der Waals surface area contributed by atoms with E-state index in [9.17, 15) is 9.59 Å². The van der Waals surface area contributed by atoms with Gasteiger partial charge in [0.1, 0.15) is 0 Å². The van der Waals surface area contributed by atoms with Crippen LogP contribution in [0, 0.1) is 0 Å². The predicted molar refractivity (Wildman–Crippen MR) is 42.3 cm³/mol. The van der Waals surface area contributed by atoms with Crippen LogP contribution >= 0.6 is 0 Å². The molecule has 0 aromatic carbocycles. The second kappa shape index (κ2) is 6.15. The molecule has 0 aliphatic carbocycles. The third kappa shape index (κ3) is 6.54. The zero-order valence-electron chi connectivity index (χ0n) is 6.69. The lowest BCUT2D eigenvalue weighted by atomic mass is 10.5. The highest BCUT2D eigenvalue weighted by Gasteiger charge is 1.93. The molecule has 4 heteroatoms. The second-order valence-corrected chi connectivity index (χ2v) is 1.89. The maximum atomic E-state index is 10.6. The van der Waals surface area contributed by atoms with Crippen molar-refractivity contribution < 1.29 is 19.4 Å². The van der Waals surface area contributed by atoms with E-state index in [2.05, 4.69) is 4.74 Å². The summed E-state index contributed by atoms with van der Waals surface area (Å²) in [5.74, 6) is -1.87. The molecule has 0 aromatic rings. The molecule has 0 bridgehead atoms. The van der Waals surface area contributed by atoms with Crippen molar-refractivity contribution in [2.24, 2.45) is 0 Å². The first kappa shape index (κ1) is 10.4. The smallest absolute Gasteiger partial charge is 0.335 e. The zero-order valence-corrected chi connectivity index (χ0v) is 6.69. The largest absolute Gasteiger partial charge is 0.478 e. The molecule has 0 heterocycles. The van der Waals surface area contributed by atoms with Crippen molar-refractivity contribution in [2.45, 2.75) is 13.3 Å². The fourth-order valence-electron chi connectivity index (χ4n) is 0.390. The zero-order chi connectivity index (χ0) is 9.40. The summed E-state index contributed by atoms with van der Waals surface area (Å²) in [6.07, 6.45) is 5.21. The lowest BCUT2D eigenvalue weighted by Crippen LogP contribution is -1.96. The van der Waals surface area contributed by atoms with E-state index in [1.807, 2.05) is 6.92 Å². The third-order valence-corrected chi connectivity index (χ3v) is 0.878. The normalized spacial score (nSPS) is 10.8. The molecule has 12 heavy (non-hydrogen) atoms. The van der Waals surface area contributed by atoms with Crippen LogP contribution in [0.2, 0.25) is 0 Å². The first-order valence-corrected chi connectivity index (χ1v) is 3.43. The molecule has 0 unspecified atom stereocenters. The monoisotopic (exact) mass is 170 g/mol. The van der Waals surface area contributed by atoms with Gasteiger partial charge in [-0.2, -0.15) is 0 Å². The van der Waals surface area contributed by atoms with Gasteiger partial charge in [-0.05, 0) is 12.5 Å². The van der Waals surface area contributed by atoms with Crippen LogP contribution in [0.25, 0.3) is 0 Å². The lowest BCUT2D eigenvalue weighted by Gasteiger charge is -1.89. The van der Waals surface area contributed by atoms with E-state index in [0.29, 0.717) is 0 Å². The average Bonchev–Trinajstić information content (AvgIpc) is 2.01. The first-order chi connectivity index (χ1) is 5.66. The number of hydrogen-bond acceptors (Lipinski definition) is 3. The number of hydrogen-bond donors (Lipinski definition) is 1. The summed E-state index contributed by atoms with van der Waals surface area (Å²) in [4.78, 5) is 20.5. The summed E-state index contributed by atoms with van der Waals surface area (Å²) in [6.45, 7) is 1.89. The summed E-state index contributed by atoms with van der Waals surface area (Å²) < 4.78 is 4.46. The van der Waals surface area contributed by atoms with Crippen molar-refractivity contribution in [1.29, 1.82) is 0 Å². The molecule has 0 saturated carbocycles. The van der Waals surface area contributed by atoms with Crippen molar-refractivity contribution in [3.63, 3.8) is 0 Å². The first-order valence-electron chi connectivity index (χ1n) is 3.43. The van der Waals surface area contributed by atoms with Gasteiger partial charge in [-0.3, -0.25) is 0 Å². The standard InChI is InChI=1S/C8H10O4/c1-2-3-6-12-8(11)5-4-7(9)10/h3-6H,2H2,1H3,(H,9,10)/b5-4+,6-3?. The topological polar surface area (TPSA) is 63.6 Å². The van der Waals surface area contributed by atoms with Gasteiger partial charge in [0.2, 0.25) is 0 Å². The molecule has 0 spiro atoms. The van der Waals surface area contributed by atoms with Crippen molar-refractivity contribution in [3.8, 4) is 0 Å². The van der Waals surface area contributed by atoms with Gasteiger partial charge < -0.3 is 9.84 Å². The Kier molecular flexibility index (Phi) is 5.34. The molecule has 0 amide bonds. The Morgan fingerprint density at radius 2 is 2.08 bits per heavy atom. The van der Waals surface area contributed by atoms with E-state index in [-0.39, 0.29) is 0 Å². The summed E-state index contributed by atoms with van der Waals surface area (Å²) in [5, 5.41) is 8.12. The third-order valence-electron chi connectivity index (χ3n) is 0.878. The molecular weight excluding hydrogens is 160 g/mol. The molecule has 0 aliphatic heterocycles. The molecule has 0 atom stereocenters. The molecule has 4 nitrogen and oxygen atoms in total. The fourth-order valence-corrected chi connectivity index (χ4v) is 0.390. The minimum absolute atomic E-state index is 0.692. The summed E-state index contributed by atoms with van der Waals surface area (Å²) in [7, 11) is 0. The van der Waals surface area contributed by atoms with Gasteiger partial charge in [-0.25, -0.2) is 9.59 Å². The summed E-state index contributed by atoms with van der Waals surface area (Å²) in [6, 6.07) is 0. The quantitative estimate of drug-likeness (QED) is 0.389. The molecule has 0 fully saturated rings. The van der Waals surface area contributed by atoms with Gasteiger partial charge in [-0.15, -0.1) is 0 Å². The Bertz CT molecular complexity index is 215. The number of carboxylic acids is 1. The van der Waals surface area contributed by atoms with Crippen LogP contribution in [-0.2, 0) is 14.3 Å². The van der Waals surface area contributed by atoms with Gasteiger partial charge in [-0.1, -0.05) is 6.92 Å². The number of rotatable bonds is 4. The molecule has 0 rings (SSSR count). The minimum atomic E-state index is -1.17. The Morgan fingerprint density at radius 1 is 1.42 bits per heavy atom. The van der Waals surface area contributed by atoms with E-state index in [0.717, 1.165) is 18.6 Å². The molecule has 0 saturated heterocycles. The number of carbonyl (C=O) groups is 2. The van der Waals surface area contributed by atoms with E-state index in [4.69, 9.17) is 5.11 Å². The average molecular weight is 170 g/mol. The van der Waals surface area contributed by atoms with Gasteiger partial charge in [0.25, 0.3) is 0 Å². The number of carbonyl (C=O) groups excluding carboxylic acids is 1. The number of allylic oxidation sites excluding steroid dienone is 1. The SMILES string of the molecule is CCC=COC(=O)/C=C/C(=O)O. The molecule has 1 N–H and O–H groups in total. The lowest BCUT2D eigenvalue weighted by molar-refractivity contribution is -0.134. The summed E-state index contributed by atoms with van der Waals surface area (Å²) >= 11 is 0. The highest BCUT2D eigenvalue weighted by Crippen LogP contribution is 1.85. The van der Waals surface area contributed by atoms with Crippen LogP contribution in [0.3, 0.4) is 0 Å². The highest BCUT2D eigenvalue weighted by atomic mass is 16.5. The summed E-state index contributed by atoms with van der Waals surface area (Å²) in [5.41, 5.74) is 0. The van der Waals surface area contributed by atoms with Crippen molar-refractivity contribution in [1.82, 2.24) is 0 Å². The number of esters is 1. The van der Waals surface area contributed by atoms with E-state index >= 15 is 0 Å². The molecular formula is C8H10O4. The maximum absolute atomic E-state index is 10.6. The van der Waals surface area contributed by atoms with Crippen molar-refractivity contribution in [3.05, 3.63) is 24.5 Å². The van der Waals surface area contributed by atoms with Crippen LogP contribution < -0.4 is 0 Å². The minimum Gasteiger partial charge on any atom is -0.478 e. The van der Waals surface area contributed by atoms with Crippen LogP contribution in [0.4, 0.5) is 0 Å². The van der Waals surface area contributed by atoms with Crippen LogP contribution in [0.1, 0.15) is 13.3 Å². The molecule has 0 aliphatic rings. The molecule has 66 valence electrons. The van der Waals surface area contributed by atoms with Gasteiger partial charge >= 0.3 is 11.9 Å². The second-order valence-electron chi connectivity index (χ2n) is 1.89. The highest BCUT2D eigenvalue weighted by molar-refractivity contribution is 5.90. The van der Waals surface area contributed by atoms with Crippen LogP contribution in [0.15, 0.2) is 24.5 Å². The Balaban J connectivity index is 3.74. The predicted octanol–water partition coefficient (Wildman–Crippen LogP) is 1.09. The maximum Gasteiger partial charge on any atom is 0.335 e. The van der Waals surface area contributed by atoms with Gasteiger partial charge in [0, 0.05) is 12.2 Å². The van der Waals surface area contributed by atoms with Crippen LogP contribution in [-0.4, -0.2) is 17.0 Å². The number of aliphatic carboxylic acids is 1. The van der Waals surface area contributed by atoms with Crippen molar-refractivity contribution in [2.75, 3.05) is 0 Å².